The van der Waals surface area contributed by atoms with Crippen LogP contribution in [0.2, 0.25) is 0 Å². The Morgan fingerprint density at radius 2 is 1.80 bits per heavy atom. The zero-order valence-corrected chi connectivity index (χ0v) is 11.0. The van der Waals surface area contributed by atoms with Crippen LogP contribution in [0.3, 0.4) is 0 Å². The van der Waals surface area contributed by atoms with Gasteiger partial charge in [0.15, 0.2) is 0 Å². The second-order valence-corrected chi connectivity index (χ2v) is 4.04. The third kappa shape index (κ3) is 4.93. The van der Waals surface area contributed by atoms with Crippen LogP contribution in [0.25, 0.3) is 0 Å². The number of esters is 2. The molecule has 0 aromatic heterocycles. The molecule has 0 unspecified atom stereocenters. The molecule has 1 aromatic carbocycles. The maximum Gasteiger partial charge on any atom is 0.349 e. The molecule has 0 amide bonds. The smallest absolute Gasteiger partial charge is 0.349 e. The summed E-state index contributed by atoms with van der Waals surface area (Å²) in [5, 5.41) is 8.36. The Bertz CT molecular complexity index is 544. The lowest BCUT2D eigenvalue weighted by molar-refractivity contribution is -0.134. The molecule has 0 atom stereocenters. The number of carboxylic acid groups (broad SMARTS) is 1. The minimum Gasteiger partial charge on any atom is -0.490 e. The summed E-state index contributed by atoms with van der Waals surface area (Å²) >= 11 is 0. The third-order valence-corrected chi connectivity index (χ3v) is 2.02. The van der Waals surface area contributed by atoms with Crippen molar-refractivity contribution in [1.82, 2.24) is 0 Å². The molecule has 1 rings (SSSR count). The Labute approximate surface area is 115 Å². The summed E-state index contributed by atoms with van der Waals surface area (Å²) in [5.41, 5.74) is 0.0956. The van der Waals surface area contributed by atoms with Gasteiger partial charge >= 0.3 is 17.9 Å². The number of carbonyl (C=O) groups excluding carboxylic acids is 2. The van der Waals surface area contributed by atoms with Crippen molar-refractivity contribution >= 4 is 17.9 Å². The molecule has 0 fully saturated rings. The molecule has 1 aromatic rings. The first-order chi connectivity index (χ1) is 9.40. The van der Waals surface area contributed by atoms with Gasteiger partial charge in [0.1, 0.15) is 11.3 Å². The van der Waals surface area contributed by atoms with Crippen LogP contribution in [0.1, 0.15) is 24.2 Å². The molecule has 0 aliphatic carbocycles. The predicted octanol–water partition coefficient (Wildman–Crippen LogP) is 1.80. The van der Waals surface area contributed by atoms with Gasteiger partial charge in [-0.2, -0.15) is 0 Å². The first-order valence-electron chi connectivity index (χ1n) is 5.83. The van der Waals surface area contributed by atoms with E-state index in [4.69, 9.17) is 9.84 Å². The highest BCUT2D eigenvalue weighted by atomic mass is 16.6. The zero-order valence-electron chi connectivity index (χ0n) is 11.0. The fourth-order valence-corrected chi connectivity index (χ4v) is 1.31. The van der Waals surface area contributed by atoms with Gasteiger partial charge in [0.25, 0.3) is 0 Å². The van der Waals surface area contributed by atoms with Crippen LogP contribution in [0, 0.1) is 0 Å². The number of rotatable bonds is 5. The van der Waals surface area contributed by atoms with Crippen LogP contribution in [0.15, 0.2) is 36.4 Å². The molecule has 6 nitrogen and oxygen atoms in total. The van der Waals surface area contributed by atoms with Gasteiger partial charge in [-0.05, 0) is 26.0 Å². The van der Waals surface area contributed by atoms with Gasteiger partial charge < -0.3 is 14.6 Å². The van der Waals surface area contributed by atoms with Gasteiger partial charge in [-0.15, -0.1) is 0 Å². The van der Waals surface area contributed by atoms with Crippen LogP contribution in [0.5, 0.6) is 5.75 Å². The average Bonchev–Trinajstić information content (AvgIpc) is 2.36. The van der Waals surface area contributed by atoms with E-state index in [0.29, 0.717) is 17.9 Å². The molecule has 1 N–H and O–H groups in total. The van der Waals surface area contributed by atoms with Crippen LogP contribution in [0.4, 0.5) is 0 Å². The summed E-state index contributed by atoms with van der Waals surface area (Å²) in [5.74, 6) is -2.97. The SMILES string of the molecule is CC(C)Oc1ccccc1C(=O)OC(=O)/C=C/C(=O)O. The fraction of sp³-hybridized carbons (Fsp3) is 0.214. The molecule has 0 saturated heterocycles. The summed E-state index contributed by atoms with van der Waals surface area (Å²) in [6.45, 7) is 3.59. The van der Waals surface area contributed by atoms with Crippen molar-refractivity contribution in [2.75, 3.05) is 0 Å². The summed E-state index contributed by atoms with van der Waals surface area (Å²) in [6, 6.07) is 6.31. The Hall–Kier alpha value is -2.63. The number of hydrogen-bond donors (Lipinski definition) is 1. The molecule has 0 spiro atoms. The van der Waals surface area contributed by atoms with Crippen LogP contribution >= 0.6 is 0 Å². The van der Waals surface area contributed by atoms with Gasteiger partial charge in [0.2, 0.25) is 0 Å². The third-order valence-electron chi connectivity index (χ3n) is 2.02. The zero-order chi connectivity index (χ0) is 15.1. The molecule has 0 radical (unpaired) electrons. The number of para-hydroxylation sites is 1. The van der Waals surface area contributed by atoms with E-state index in [1.54, 1.807) is 32.0 Å². The van der Waals surface area contributed by atoms with Crippen LogP contribution < -0.4 is 4.74 Å². The van der Waals surface area contributed by atoms with Crippen molar-refractivity contribution in [2.45, 2.75) is 20.0 Å². The maximum absolute atomic E-state index is 11.8. The van der Waals surface area contributed by atoms with E-state index in [1.165, 1.54) is 6.07 Å². The average molecular weight is 278 g/mol. The maximum atomic E-state index is 11.8. The Morgan fingerprint density at radius 1 is 1.15 bits per heavy atom. The van der Waals surface area contributed by atoms with Crippen molar-refractivity contribution in [2.24, 2.45) is 0 Å². The molecule has 20 heavy (non-hydrogen) atoms. The number of aliphatic carboxylic acids is 1. The first kappa shape index (κ1) is 15.4. The fourth-order valence-electron chi connectivity index (χ4n) is 1.31. The normalized spacial score (nSPS) is 10.6. The minimum atomic E-state index is -1.31. The molecular weight excluding hydrogens is 264 g/mol. The molecule has 0 heterocycles. The molecular formula is C14H14O6. The largest absolute Gasteiger partial charge is 0.490 e. The lowest BCUT2D eigenvalue weighted by Gasteiger charge is -2.12. The van der Waals surface area contributed by atoms with Gasteiger partial charge in [-0.25, -0.2) is 14.4 Å². The van der Waals surface area contributed by atoms with Crippen LogP contribution in [-0.2, 0) is 14.3 Å². The minimum absolute atomic E-state index is 0.0956. The van der Waals surface area contributed by atoms with E-state index in [9.17, 15) is 14.4 Å². The molecule has 106 valence electrons. The Morgan fingerprint density at radius 3 is 2.40 bits per heavy atom. The summed E-state index contributed by atoms with van der Waals surface area (Å²) in [7, 11) is 0. The lowest BCUT2D eigenvalue weighted by Crippen LogP contribution is -2.14. The summed E-state index contributed by atoms with van der Waals surface area (Å²) in [6.07, 6.45) is 1.10. The Balaban J connectivity index is 2.82. The van der Waals surface area contributed by atoms with Crippen molar-refractivity contribution < 1.29 is 29.0 Å². The topological polar surface area (TPSA) is 89.9 Å². The van der Waals surface area contributed by atoms with E-state index in [1.807, 2.05) is 0 Å². The second kappa shape index (κ2) is 7.08. The molecule has 0 aliphatic heterocycles. The van der Waals surface area contributed by atoms with Crippen molar-refractivity contribution in [1.29, 1.82) is 0 Å². The van der Waals surface area contributed by atoms with Gasteiger partial charge in [0, 0.05) is 12.2 Å². The summed E-state index contributed by atoms with van der Waals surface area (Å²) in [4.78, 5) is 33.3. The summed E-state index contributed by atoms with van der Waals surface area (Å²) < 4.78 is 9.92. The van der Waals surface area contributed by atoms with Gasteiger partial charge in [-0.3, -0.25) is 0 Å². The van der Waals surface area contributed by atoms with Crippen LogP contribution in [-0.4, -0.2) is 29.1 Å². The van der Waals surface area contributed by atoms with Gasteiger partial charge in [0.05, 0.1) is 6.10 Å². The first-order valence-corrected chi connectivity index (χ1v) is 5.83. The number of hydrogen-bond acceptors (Lipinski definition) is 5. The molecule has 0 aliphatic rings. The van der Waals surface area contributed by atoms with Crippen molar-refractivity contribution in [3.05, 3.63) is 42.0 Å². The number of carboxylic acids is 1. The second-order valence-electron chi connectivity index (χ2n) is 4.04. The van der Waals surface area contributed by atoms with E-state index in [-0.39, 0.29) is 11.7 Å². The lowest BCUT2D eigenvalue weighted by atomic mass is 10.2. The van der Waals surface area contributed by atoms with E-state index >= 15 is 0 Å². The highest BCUT2D eigenvalue weighted by Gasteiger charge is 2.16. The van der Waals surface area contributed by atoms with Gasteiger partial charge in [-0.1, -0.05) is 12.1 Å². The van der Waals surface area contributed by atoms with Crippen molar-refractivity contribution in [3.63, 3.8) is 0 Å². The van der Waals surface area contributed by atoms with E-state index < -0.39 is 17.9 Å². The predicted molar refractivity (Wildman–Crippen MR) is 69.4 cm³/mol. The number of ether oxygens (including phenoxy) is 2. The van der Waals surface area contributed by atoms with E-state index in [2.05, 4.69) is 4.74 Å². The van der Waals surface area contributed by atoms with E-state index in [0.717, 1.165) is 0 Å². The standard InChI is InChI=1S/C14H14O6/c1-9(2)19-11-6-4-3-5-10(11)14(18)20-13(17)8-7-12(15)16/h3-9H,1-2H3,(H,15,16)/b8-7+. The number of carbonyl (C=O) groups is 3. The highest BCUT2D eigenvalue weighted by Crippen LogP contribution is 2.20. The molecule has 0 bridgehead atoms. The molecule has 0 saturated carbocycles. The molecule has 6 heteroatoms. The Kier molecular flexibility index (Phi) is 5.46. The van der Waals surface area contributed by atoms with Crippen molar-refractivity contribution in [3.8, 4) is 5.75 Å². The number of benzene rings is 1. The highest BCUT2D eigenvalue weighted by molar-refractivity contribution is 6.02. The monoisotopic (exact) mass is 278 g/mol. The quantitative estimate of drug-likeness (QED) is 0.502.